The summed E-state index contributed by atoms with van der Waals surface area (Å²) in [5, 5.41) is 0. The van der Waals surface area contributed by atoms with Gasteiger partial charge in [0.25, 0.3) is 0 Å². The van der Waals surface area contributed by atoms with E-state index in [9.17, 15) is 0 Å². The molecule has 0 saturated heterocycles. The Morgan fingerprint density at radius 2 is 0.960 bits per heavy atom. The number of fused-ring (bicyclic) bond motifs is 2. The molecule has 0 fully saturated rings. The van der Waals surface area contributed by atoms with Crippen LogP contribution in [0.3, 0.4) is 0 Å². The molecule has 25 heavy (non-hydrogen) atoms. The van der Waals surface area contributed by atoms with E-state index in [2.05, 4.69) is 56.1 Å². The molecule has 2 aromatic rings. The summed E-state index contributed by atoms with van der Waals surface area (Å²) in [7, 11) is 0. The molecular weight excluding hydrogens is 440 g/mol. The molecule has 1 nitrogen and oxygen atoms in total. The van der Waals surface area contributed by atoms with Crippen molar-refractivity contribution in [3.8, 4) is 0 Å². The van der Waals surface area contributed by atoms with Crippen LogP contribution in [0.4, 0.5) is 0 Å². The molecule has 0 spiro atoms. The minimum absolute atomic E-state index is 0.664. The lowest BCUT2D eigenvalue weighted by Gasteiger charge is -2.19. The van der Waals surface area contributed by atoms with E-state index >= 15 is 0 Å². The van der Waals surface area contributed by atoms with Crippen LogP contribution in [0.15, 0.2) is 33.2 Å². The summed E-state index contributed by atoms with van der Waals surface area (Å²) < 4.78 is 8.47. The fourth-order valence-corrected chi connectivity index (χ4v) is 5.12. The normalized spacial score (nSPS) is 16.4. The van der Waals surface area contributed by atoms with E-state index in [0.29, 0.717) is 13.2 Å². The fraction of sp³-hybridized carbons (Fsp3) is 0.455. The van der Waals surface area contributed by atoms with Gasteiger partial charge in [0, 0.05) is 8.95 Å². The summed E-state index contributed by atoms with van der Waals surface area (Å²) in [6.45, 7) is 1.33. The maximum atomic E-state index is 6.09. The summed E-state index contributed by atoms with van der Waals surface area (Å²) in [6, 6.07) is 9.31. The smallest absolute Gasteiger partial charge is 0.0732 e. The van der Waals surface area contributed by atoms with E-state index in [1.807, 2.05) is 0 Å². The molecule has 0 aliphatic heterocycles. The van der Waals surface area contributed by atoms with Crippen molar-refractivity contribution >= 4 is 31.9 Å². The highest BCUT2D eigenvalue weighted by Gasteiger charge is 2.14. The second-order valence-electron chi connectivity index (χ2n) is 7.33. The Bertz CT molecular complexity index is 717. The molecule has 0 saturated carbocycles. The van der Waals surface area contributed by atoms with Crippen molar-refractivity contribution in [2.24, 2.45) is 0 Å². The van der Waals surface area contributed by atoms with E-state index < -0.39 is 0 Å². The Morgan fingerprint density at radius 1 is 0.600 bits per heavy atom. The second kappa shape index (κ2) is 7.94. The summed E-state index contributed by atoms with van der Waals surface area (Å²) in [5.74, 6) is 0. The monoisotopic (exact) mass is 462 g/mol. The minimum Gasteiger partial charge on any atom is -0.372 e. The van der Waals surface area contributed by atoms with Crippen LogP contribution in [0.25, 0.3) is 0 Å². The van der Waals surface area contributed by atoms with Gasteiger partial charge in [-0.3, -0.25) is 0 Å². The topological polar surface area (TPSA) is 9.23 Å². The highest BCUT2D eigenvalue weighted by molar-refractivity contribution is 9.10. The molecule has 132 valence electrons. The Labute approximate surface area is 167 Å². The number of benzene rings is 2. The van der Waals surface area contributed by atoms with E-state index in [4.69, 9.17) is 4.74 Å². The average molecular weight is 464 g/mol. The first kappa shape index (κ1) is 17.8. The van der Waals surface area contributed by atoms with Crippen molar-refractivity contribution < 1.29 is 4.74 Å². The van der Waals surface area contributed by atoms with Crippen LogP contribution in [-0.4, -0.2) is 0 Å². The van der Waals surface area contributed by atoms with Crippen molar-refractivity contribution in [2.75, 3.05) is 0 Å². The van der Waals surface area contributed by atoms with Crippen LogP contribution in [0, 0.1) is 0 Å². The van der Waals surface area contributed by atoms with Crippen LogP contribution < -0.4 is 0 Å². The van der Waals surface area contributed by atoms with Crippen LogP contribution >= 0.6 is 31.9 Å². The molecule has 0 bridgehead atoms. The predicted octanol–water partition coefficient (Wildman–Crippen LogP) is 6.69. The van der Waals surface area contributed by atoms with Crippen molar-refractivity contribution in [3.63, 3.8) is 0 Å². The van der Waals surface area contributed by atoms with Gasteiger partial charge in [-0.25, -0.2) is 0 Å². The van der Waals surface area contributed by atoms with Gasteiger partial charge in [-0.1, -0.05) is 44.0 Å². The summed E-state index contributed by atoms with van der Waals surface area (Å²) in [5.41, 5.74) is 8.61. The number of hydrogen-bond acceptors (Lipinski definition) is 1. The molecule has 0 aromatic heterocycles. The van der Waals surface area contributed by atoms with E-state index in [-0.39, 0.29) is 0 Å². The van der Waals surface area contributed by atoms with Gasteiger partial charge in [0.2, 0.25) is 0 Å². The Morgan fingerprint density at radius 3 is 1.36 bits per heavy atom. The third-order valence-corrected chi connectivity index (χ3v) is 7.01. The molecule has 0 radical (unpaired) electrons. The highest BCUT2D eigenvalue weighted by Crippen LogP contribution is 2.30. The van der Waals surface area contributed by atoms with Gasteiger partial charge in [0.1, 0.15) is 0 Å². The zero-order valence-electron chi connectivity index (χ0n) is 14.5. The minimum atomic E-state index is 0.664. The third-order valence-electron chi connectivity index (χ3n) is 5.54. The number of aryl methyl sites for hydroxylation is 4. The van der Waals surface area contributed by atoms with Crippen LogP contribution in [0.1, 0.15) is 59.1 Å². The largest absolute Gasteiger partial charge is 0.372 e. The van der Waals surface area contributed by atoms with Crippen LogP contribution in [-0.2, 0) is 43.6 Å². The van der Waals surface area contributed by atoms with E-state index in [0.717, 1.165) is 0 Å². The van der Waals surface area contributed by atoms with Crippen molar-refractivity contribution in [1.82, 2.24) is 0 Å². The molecule has 0 unspecified atom stereocenters. The SMILES string of the molecule is Brc1cc2c(cc1COCc1cc3c(cc1Br)CCCC3)CCCC2. The lowest BCUT2D eigenvalue weighted by Crippen LogP contribution is -2.06. The van der Waals surface area contributed by atoms with Gasteiger partial charge in [-0.2, -0.15) is 0 Å². The van der Waals surface area contributed by atoms with Crippen LogP contribution in [0.5, 0.6) is 0 Å². The molecule has 4 rings (SSSR count). The fourth-order valence-electron chi connectivity index (χ4n) is 4.11. The first-order chi connectivity index (χ1) is 12.2. The molecule has 2 aliphatic rings. The van der Waals surface area contributed by atoms with Gasteiger partial charge in [0.05, 0.1) is 13.2 Å². The maximum Gasteiger partial charge on any atom is 0.0732 e. The van der Waals surface area contributed by atoms with Crippen LogP contribution in [0.2, 0.25) is 0 Å². The van der Waals surface area contributed by atoms with Gasteiger partial charge < -0.3 is 4.74 Å². The van der Waals surface area contributed by atoms with Gasteiger partial charge in [0.15, 0.2) is 0 Å². The predicted molar refractivity (Wildman–Crippen MR) is 110 cm³/mol. The standard InChI is InChI=1S/C22H24Br2O/c23-21-11-17-7-3-1-5-15(17)9-19(21)13-25-14-20-10-16-6-2-4-8-18(16)12-22(20)24/h9-12H,1-8,13-14H2. The quantitative estimate of drug-likeness (QED) is 0.490. The van der Waals surface area contributed by atoms with Gasteiger partial charge in [-0.15, -0.1) is 0 Å². The van der Waals surface area contributed by atoms with Crippen molar-refractivity contribution in [3.05, 3.63) is 66.6 Å². The Hall–Kier alpha value is -0.640. The third kappa shape index (κ3) is 4.04. The Balaban J connectivity index is 1.44. The summed E-state index contributed by atoms with van der Waals surface area (Å²) in [6.07, 6.45) is 10.1. The van der Waals surface area contributed by atoms with Gasteiger partial charge in [-0.05, 0) is 96.9 Å². The number of hydrogen-bond donors (Lipinski definition) is 0. The highest BCUT2D eigenvalue weighted by atomic mass is 79.9. The van der Waals surface area contributed by atoms with E-state index in [1.54, 1.807) is 0 Å². The number of halogens is 2. The number of rotatable bonds is 4. The van der Waals surface area contributed by atoms with Crippen molar-refractivity contribution in [2.45, 2.75) is 64.6 Å². The molecule has 0 heterocycles. The lowest BCUT2D eigenvalue weighted by molar-refractivity contribution is 0.106. The van der Waals surface area contributed by atoms with Crippen molar-refractivity contribution in [1.29, 1.82) is 0 Å². The zero-order valence-corrected chi connectivity index (χ0v) is 17.7. The summed E-state index contributed by atoms with van der Waals surface area (Å²) >= 11 is 7.47. The Kier molecular flexibility index (Phi) is 5.64. The summed E-state index contributed by atoms with van der Waals surface area (Å²) in [4.78, 5) is 0. The molecule has 2 aromatic carbocycles. The van der Waals surface area contributed by atoms with Gasteiger partial charge >= 0.3 is 0 Å². The number of ether oxygens (including phenoxy) is 1. The first-order valence-electron chi connectivity index (χ1n) is 9.39. The molecule has 0 N–H and O–H groups in total. The molecule has 0 amide bonds. The maximum absolute atomic E-state index is 6.09. The second-order valence-corrected chi connectivity index (χ2v) is 9.04. The van der Waals surface area contributed by atoms with E-state index in [1.165, 1.54) is 93.7 Å². The molecule has 0 atom stereocenters. The molecular formula is C22H24Br2O. The average Bonchev–Trinajstić information content (AvgIpc) is 2.62. The molecule has 3 heteroatoms. The lowest BCUT2D eigenvalue weighted by atomic mass is 9.90. The molecule has 2 aliphatic carbocycles. The zero-order chi connectivity index (χ0) is 17.2. The first-order valence-corrected chi connectivity index (χ1v) is 11.0.